The molecule has 1 amide bonds. The largest absolute Gasteiger partial charge is 0.315 e. The molecule has 1 fully saturated rings. The number of carbonyl (C=O) groups is 1. The van der Waals surface area contributed by atoms with Crippen LogP contribution < -0.4 is 4.90 Å². The van der Waals surface area contributed by atoms with Crippen molar-refractivity contribution in [1.82, 2.24) is 4.31 Å². The monoisotopic (exact) mass is 294 g/mol. The van der Waals surface area contributed by atoms with Crippen molar-refractivity contribution in [3.05, 3.63) is 23.8 Å². The van der Waals surface area contributed by atoms with Crippen LogP contribution in [0.2, 0.25) is 0 Å². The first-order chi connectivity index (χ1) is 9.50. The summed E-state index contributed by atoms with van der Waals surface area (Å²) >= 11 is 0. The van der Waals surface area contributed by atoms with E-state index in [-0.39, 0.29) is 5.91 Å². The molecule has 0 atom stereocenters. The van der Waals surface area contributed by atoms with Gasteiger partial charge in [-0.15, -0.1) is 0 Å². The third-order valence-electron chi connectivity index (χ3n) is 4.10. The second-order valence-corrected chi connectivity index (χ2v) is 7.29. The molecule has 3 rings (SSSR count). The molecule has 0 bridgehead atoms. The number of aryl methyl sites for hydroxylation is 1. The fourth-order valence-electron chi connectivity index (χ4n) is 2.87. The van der Waals surface area contributed by atoms with Crippen molar-refractivity contribution in [2.45, 2.75) is 30.6 Å². The van der Waals surface area contributed by atoms with Crippen LogP contribution in [0, 0.1) is 0 Å². The van der Waals surface area contributed by atoms with Crippen LogP contribution >= 0.6 is 0 Å². The molecule has 2 heterocycles. The molecule has 1 aromatic rings. The molecule has 0 aliphatic carbocycles. The molecule has 0 aromatic heterocycles. The summed E-state index contributed by atoms with van der Waals surface area (Å²) in [4.78, 5) is 13.6. The van der Waals surface area contributed by atoms with Crippen LogP contribution in [-0.4, -0.2) is 38.8 Å². The summed E-state index contributed by atoms with van der Waals surface area (Å²) < 4.78 is 26.6. The fourth-order valence-corrected chi connectivity index (χ4v) is 4.44. The Morgan fingerprint density at radius 2 is 1.80 bits per heavy atom. The van der Waals surface area contributed by atoms with Crippen molar-refractivity contribution >= 4 is 21.6 Å². The van der Waals surface area contributed by atoms with Gasteiger partial charge in [-0.2, -0.15) is 4.31 Å². The predicted octanol–water partition coefficient (Wildman–Crippen LogP) is 1.38. The average molecular weight is 294 g/mol. The Labute approximate surface area is 119 Å². The number of carbonyl (C=O) groups excluding carboxylic acids is 1. The van der Waals surface area contributed by atoms with E-state index < -0.39 is 10.0 Å². The average Bonchev–Trinajstić information content (AvgIpc) is 2.97. The third-order valence-corrected chi connectivity index (χ3v) is 5.99. The summed E-state index contributed by atoms with van der Waals surface area (Å²) in [6.07, 6.45) is 2.92. The van der Waals surface area contributed by atoms with Gasteiger partial charge in [0.2, 0.25) is 15.9 Å². The Kier molecular flexibility index (Phi) is 3.30. The summed E-state index contributed by atoms with van der Waals surface area (Å²) in [6, 6.07) is 5.09. The van der Waals surface area contributed by atoms with Crippen LogP contribution in [0.4, 0.5) is 5.69 Å². The van der Waals surface area contributed by atoms with Crippen LogP contribution in [0.15, 0.2) is 23.1 Å². The van der Waals surface area contributed by atoms with Gasteiger partial charge in [0.05, 0.1) is 4.90 Å². The fraction of sp³-hybridized carbons (Fsp3) is 0.500. The molecule has 20 heavy (non-hydrogen) atoms. The molecule has 6 heteroatoms. The number of rotatable bonds is 2. The van der Waals surface area contributed by atoms with Crippen LogP contribution in [0.3, 0.4) is 0 Å². The number of anilines is 1. The maximum atomic E-state index is 12.5. The van der Waals surface area contributed by atoms with E-state index in [0.29, 0.717) is 30.8 Å². The summed E-state index contributed by atoms with van der Waals surface area (Å²) in [5.74, 6) is 0.0765. The van der Waals surface area contributed by atoms with Crippen LogP contribution in [0.25, 0.3) is 0 Å². The smallest absolute Gasteiger partial charge is 0.243 e. The van der Waals surface area contributed by atoms with E-state index in [1.165, 1.54) is 0 Å². The Morgan fingerprint density at radius 1 is 1.10 bits per heavy atom. The number of amides is 1. The van der Waals surface area contributed by atoms with E-state index in [9.17, 15) is 13.2 Å². The van der Waals surface area contributed by atoms with E-state index in [2.05, 4.69) is 0 Å². The molecule has 5 nitrogen and oxygen atoms in total. The maximum absolute atomic E-state index is 12.5. The van der Waals surface area contributed by atoms with E-state index in [0.717, 1.165) is 24.1 Å². The lowest BCUT2D eigenvalue weighted by molar-refractivity contribution is -0.118. The minimum atomic E-state index is -3.37. The highest BCUT2D eigenvalue weighted by molar-refractivity contribution is 7.89. The number of nitrogens with zero attached hydrogens (tertiary/aromatic N) is 2. The number of sulfonamides is 1. The molecular weight excluding hydrogens is 276 g/mol. The summed E-state index contributed by atoms with van der Waals surface area (Å²) in [7, 11) is -1.64. The maximum Gasteiger partial charge on any atom is 0.243 e. The van der Waals surface area contributed by atoms with E-state index >= 15 is 0 Å². The second-order valence-electron chi connectivity index (χ2n) is 5.35. The van der Waals surface area contributed by atoms with Gasteiger partial charge in [-0.05, 0) is 43.0 Å². The van der Waals surface area contributed by atoms with E-state index in [4.69, 9.17) is 0 Å². The SMILES string of the molecule is CN1C(=O)CCc2cc(S(=O)(=O)N3CCCC3)ccc21. The molecule has 2 aliphatic rings. The second kappa shape index (κ2) is 4.86. The minimum Gasteiger partial charge on any atom is -0.315 e. The Bertz CT molecular complexity index is 648. The first-order valence-electron chi connectivity index (χ1n) is 6.90. The Morgan fingerprint density at radius 3 is 2.50 bits per heavy atom. The highest BCUT2D eigenvalue weighted by atomic mass is 32.2. The molecule has 1 aromatic carbocycles. The van der Waals surface area contributed by atoms with Crippen molar-refractivity contribution in [1.29, 1.82) is 0 Å². The molecule has 2 aliphatic heterocycles. The van der Waals surface area contributed by atoms with Crippen molar-refractivity contribution < 1.29 is 13.2 Å². The van der Waals surface area contributed by atoms with Gasteiger partial charge in [0.25, 0.3) is 0 Å². The standard InChI is InChI=1S/C14H18N2O3S/c1-15-13-6-5-12(10-11(13)4-7-14(15)17)20(18,19)16-8-2-3-9-16/h5-6,10H,2-4,7-9H2,1H3. The molecule has 0 radical (unpaired) electrons. The van der Waals surface area contributed by atoms with Crippen LogP contribution in [-0.2, 0) is 21.2 Å². The van der Waals surface area contributed by atoms with Gasteiger partial charge in [0.1, 0.15) is 0 Å². The first kappa shape index (κ1) is 13.6. The lowest BCUT2D eigenvalue weighted by atomic mass is 10.0. The molecular formula is C14H18N2O3S. The van der Waals surface area contributed by atoms with Gasteiger partial charge < -0.3 is 4.90 Å². The summed E-state index contributed by atoms with van der Waals surface area (Å²) in [6.45, 7) is 1.22. The quantitative estimate of drug-likeness (QED) is 0.828. The van der Waals surface area contributed by atoms with E-state index in [1.807, 2.05) is 0 Å². The highest BCUT2D eigenvalue weighted by Gasteiger charge is 2.29. The lowest BCUT2D eigenvalue weighted by Gasteiger charge is -2.26. The Hall–Kier alpha value is -1.40. The summed E-state index contributed by atoms with van der Waals surface area (Å²) in [5, 5.41) is 0. The number of hydrogen-bond donors (Lipinski definition) is 0. The van der Waals surface area contributed by atoms with Crippen LogP contribution in [0.5, 0.6) is 0 Å². The van der Waals surface area contributed by atoms with Crippen molar-refractivity contribution in [2.75, 3.05) is 25.0 Å². The molecule has 0 spiro atoms. The molecule has 0 unspecified atom stereocenters. The van der Waals surface area contributed by atoms with Gasteiger partial charge in [0, 0.05) is 32.2 Å². The van der Waals surface area contributed by atoms with Gasteiger partial charge in [-0.1, -0.05) is 0 Å². The molecule has 108 valence electrons. The zero-order valence-electron chi connectivity index (χ0n) is 11.5. The van der Waals surface area contributed by atoms with Gasteiger partial charge in [-0.3, -0.25) is 4.79 Å². The van der Waals surface area contributed by atoms with Gasteiger partial charge in [-0.25, -0.2) is 8.42 Å². The minimum absolute atomic E-state index is 0.0765. The van der Waals surface area contributed by atoms with Crippen molar-refractivity contribution in [2.24, 2.45) is 0 Å². The molecule has 0 N–H and O–H groups in total. The van der Waals surface area contributed by atoms with Crippen LogP contribution in [0.1, 0.15) is 24.8 Å². The number of benzene rings is 1. The first-order valence-corrected chi connectivity index (χ1v) is 8.34. The molecule has 0 saturated carbocycles. The van der Waals surface area contributed by atoms with Crippen molar-refractivity contribution in [3.63, 3.8) is 0 Å². The van der Waals surface area contributed by atoms with E-state index in [1.54, 1.807) is 34.5 Å². The zero-order valence-corrected chi connectivity index (χ0v) is 12.3. The topological polar surface area (TPSA) is 57.7 Å². The summed E-state index contributed by atoms with van der Waals surface area (Å²) in [5.41, 5.74) is 1.76. The Balaban J connectivity index is 1.99. The van der Waals surface area contributed by atoms with Gasteiger partial charge >= 0.3 is 0 Å². The van der Waals surface area contributed by atoms with Crippen molar-refractivity contribution in [3.8, 4) is 0 Å². The lowest BCUT2D eigenvalue weighted by Crippen LogP contribution is -2.32. The normalized spacial score (nSPS) is 20.2. The van der Waals surface area contributed by atoms with Gasteiger partial charge in [0.15, 0.2) is 0 Å². The molecule has 1 saturated heterocycles. The zero-order chi connectivity index (χ0) is 14.3. The number of hydrogen-bond acceptors (Lipinski definition) is 3. The third kappa shape index (κ3) is 2.13. The highest BCUT2D eigenvalue weighted by Crippen LogP contribution is 2.30. The predicted molar refractivity (Wildman–Crippen MR) is 76.2 cm³/mol. The number of fused-ring (bicyclic) bond motifs is 1.